The third-order valence-corrected chi connectivity index (χ3v) is 2.50. The molecule has 1 heterocycles. The van der Waals surface area contributed by atoms with Gasteiger partial charge in [-0.3, -0.25) is 14.8 Å². The summed E-state index contributed by atoms with van der Waals surface area (Å²) in [7, 11) is 0. The van der Waals surface area contributed by atoms with E-state index >= 15 is 0 Å². The van der Waals surface area contributed by atoms with Gasteiger partial charge in [-0.15, -0.1) is 16.8 Å². The highest BCUT2D eigenvalue weighted by Gasteiger charge is 2.35. The van der Waals surface area contributed by atoms with E-state index in [4.69, 9.17) is 5.21 Å². The zero-order chi connectivity index (χ0) is 9.30. The Morgan fingerprint density at radius 2 is 2.00 bits per heavy atom. The van der Waals surface area contributed by atoms with Crippen molar-refractivity contribution in [1.82, 2.24) is 5.06 Å². The van der Waals surface area contributed by atoms with Crippen LogP contribution >= 0.6 is 11.8 Å². The molecule has 0 atom stereocenters. The van der Waals surface area contributed by atoms with Crippen molar-refractivity contribution in [2.45, 2.75) is 13.3 Å². The minimum absolute atomic E-state index is 0.171. The second-order valence-electron chi connectivity index (χ2n) is 2.29. The van der Waals surface area contributed by atoms with Crippen molar-refractivity contribution in [3.05, 3.63) is 10.5 Å². The van der Waals surface area contributed by atoms with Crippen molar-refractivity contribution in [2.24, 2.45) is 0 Å². The van der Waals surface area contributed by atoms with Crippen molar-refractivity contribution >= 4 is 23.6 Å². The number of nitrogens with zero attached hydrogens (tertiary/aromatic N) is 1. The number of hydrogen-bond acceptors (Lipinski definition) is 4. The average Bonchev–Trinajstić information content (AvgIpc) is 2.29. The summed E-state index contributed by atoms with van der Waals surface area (Å²) >= 11 is 1.19. The Morgan fingerprint density at radius 3 is 2.33 bits per heavy atom. The van der Waals surface area contributed by atoms with E-state index in [9.17, 15) is 9.59 Å². The fourth-order valence-electron chi connectivity index (χ4n) is 1.06. The second kappa shape index (κ2) is 3.28. The van der Waals surface area contributed by atoms with Crippen molar-refractivity contribution in [3.8, 4) is 0 Å². The minimum Gasteiger partial charge on any atom is -0.278 e. The van der Waals surface area contributed by atoms with Gasteiger partial charge in [-0.05, 0) is 12.7 Å². The topological polar surface area (TPSA) is 57.6 Å². The predicted octanol–water partition coefficient (Wildman–Crippen LogP) is 0.771. The molecule has 2 amide bonds. The number of thioether (sulfide) groups is 1. The summed E-state index contributed by atoms with van der Waals surface area (Å²) < 4.78 is 0. The van der Waals surface area contributed by atoms with E-state index in [1.807, 2.05) is 0 Å². The number of carbonyl (C=O) groups excluding carboxylic acids is 2. The number of amides is 2. The van der Waals surface area contributed by atoms with Crippen LogP contribution in [0, 0.1) is 0 Å². The molecular formula is C7H9NO3S. The normalized spacial score (nSPS) is 18.1. The van der Waals surface area contributed by atoms with Crippen LogP contribution in [0.15, 0.2) is 10.5 Å². The molecule has 0 fully saturated rings. The molecule has 1 aliphatic rings. The van der Waals surface area contributed by atoms with E-state index in [0.717, 1.165) is 0 Å². The lowest BCUT2D eigenvalue weighted by Gasteiger charge is -2.02. The number of hydroxylamine groups is 2. The van der Waals surface area contributed by atoms with Crippen molar-refractivity contribution in [1.29, 1.82) is 0 Å². The Kier molecular flexibility index (Phi) is 2.54. The molecule has 1 N–H and O–H groups in total. The Bertz CT molecular complexity index is 246. The quantitative estimate of drug-likeness (QED) is 0.512. The molecule has 0 bridgehead atoms. The predicted molar refractivity (Wildman–Crippen MR) is 44.5 cm³/mol. The smallest absolute Gasteiger partial charge is 0.278 e. The first-order valence-corrected chi connectivity index (χ1v) is 4.70. The fourth-order valence-corrected chi connectivity index (χ4v) is 1.80. The first-order valence-electron chi connectivity index (χ1n) is 3.48. The summed E-state index contributed by atoms with van der Waals surface area (Å²) in [6, 6.07) is 0. The lowest BCUT2D eigenvalue weighted by atomic mass is 10.2. The second-order valence-corrected chi connectivity index (χ2v) is 3.10. The van der Waals surface area contributed by atoms with Gasteiger partial charge in [-0.1, -0.05) is 6.92 Å². The van der Waals surface area contributed by atoms with E-state index < -0.39 is 11.8 Å². The molecule has 1 aliphatic heterocycles. The Balaban J connectivity index is 3.09. The van der Waals surface area contributed by atoms with Gasteiger partial charge in [-0.2, -0.15) is 0 Å². The van der Waals surface area contributed by atoms with Crippen molar-refractivity contribution < 1.29 is 14.8 Å². The maximum absolute atomic E-state index is 11.1. The third-order valence-electron chi connectivity index (χ3n) is 1.67. The van der Waals surface area contributed by atoms with Crippen LogP contribution in [0.5, 0.6) is 0 Å². The van der Waals surface area contributed by atoms with E-state index in [1.54, 1.807) is 13.2 Å². The number of rotatable bonds is 2. The molecule has 0 saturated heterocycles. The molecule has 4 nitrogen and oxygen atoms in total. The van der Waals surface area contributed by atoms with E-state index in [0.29, 0.717) is 16.9 Å². The highest BCUT2D eigenvalue weighted by atomic mass is 32.2. The van der Waals surface area contributed by atoms with Gasteiger partial charge in [-0.25, -0.2) is 0 Å². The van der Waals surface area contributed by atoms with Crippen molar-refractivity contribution in [2.75, 3.05) is 6.26 Å². The zero-order valence-electron chi connectivity index (χ0n) is 6.83. The SMILES string of the molecule is CCC1=C(SC)C(=O)N(O)C1=O. The monoisotopic (exact) mass is 187 g/mol. The van der Waals surface area contributed by atoms with Gasteiger partial charge in [0.05, 0.1) is 4.91 Å². The van der Waals surface area contributed by atoms with Crippen LogP contribution in [0.25, 0.3) is 0 Å². The maximum Gasteiger partial charge on any atom is 0.291 e. The highest BCUT2D eigenvalue weighted by molar-refractivity contribution is 8.03. The molecule has 0 aliphatic carbocycles. The van der Waals surface area contributed by atoms with Gasteiger partial charge in [0.2, 0.25) is 0 Å². The molecule has 0 spiro atoms. The largest absolute Gasteiger partial charge is 0.291 e. The molecule has 0 aromatic heterocycles. The Morgan fingerprint density at radius 1 is 1.42 bits per heavy atom. The molecule has 0 unspecified atom stereocenters. The lowest BCUT2D eigenvalue weighted by Crippen LogP contribution is -2.27. The molecule has 0 saturated carbocycles. The summed E-state index contributed by atoms with van der Waals surface area (Å²) in [6.45, 7) is 1.77. The van der Waals surface area contributed by atoms with Crippen LogP contribution in [-0.4, -0.2) is 28.3 Å². The minimum atomic E-state index is -0.607. The van der Waals surface area contributed by atoms with Gasteiger partial charge in [0.25, 0.3) is 11.8 Å². The van der Waals surface area contributed by atoms with Crippen LogP contribution in [-0.2, 0) is 9.59 Å². The van der Waals surface area contributed by atoms with Crippen molar-refractivity contribution in [3.63, 3.8) is 0 Å². The Hall–Kier alpha value is -0.810. The van der Waals surface area contributed by atoms with Crippen LogP contribution in [0.3, 0.4) is 0 Å². The number of carbonyl (C=O) groups is 2. The molecule has 1 rings (SSSR count). The van der Waals surface area contributed by atoms with E-state index in [-0.39, 0.29) is 5.06 Å². The van der Waals surface area contributed by atoms with Crippen LogP contribution in [0.1, 0.15) is 13.3 Å². The molecular weight excluding hydrogens is 178 g/mol. The molecule has 0 aromatic carbocycles. The summed E-state index contributed by atoms with van der Waals surface area (Å²) in [4.78, 5) is 22.5. The van der Waals surface area contributed by atoms with Gasteiger partial charge in [0.15, 0.2) is 0 Å². The zero-order valence-corrected chi connectivity index (χ0v) is 7.64. The molecule has 0 radical (unpaired) electrons. The summed E-state index contributed by atoms with van der Waals surface area (Å²) in [5.41, 5.74) is 0.398. The Labute approximate surface area is 74.2 Å². The standard InChI is InChI=1S/C7H9NO3S/c1-3-4-5(12-2)7(10)8(11)6(4)9/h11H,3H2,1-2H3. The summed E-state index contributed by atoms with van der Waals surface area (Å²) in [5.74, 6) is -1.20. The summed E-state index contributed by atoms with van der Waals surface area (Å²) in [5, 5.41) is 9.12. The molecule has 12 heavy (non-hydrogen) atoms. The maximum atomic E-state index is 11.1. The lowest BCUT2D eigenvalue weighted by molar-refractivity contribution is -0.169. The number of hydrogen-bond donors (Lipinski definition) is 1. The van der Waals surface area contributed by atoms with E-state index in [1.165, 1.54) is 11.8 Å². The van der Waals surface area contributed by atoms with E-state index in [2.05, 4.69) is 0 Å². The highest BCUT2D eigenvalue weighted by Crippen LogP contribution is 2.28. The average molecular weight is 187 g/mol. The third kappa shape index (κ3) is 1.15. The van der Waals surface area contributed by atoms with Gasteiger partial charge in [0.1, 0.15) is 0 Å². The first kappa shape index (κ1) is 9.28. The molecule has 0 aromatic rings. The molecule has 5 heteroatoms. The van der Waals surface area contributed by atoms with Gasteiger partial charge >= 0.3 is 0 Å². The van der Waals surface area contributed by atoms with Crippen LogP contribution in [0.4, 0.5) is 0 Å². The van der Waals surface area contributed by atoms with Crippen LogP contribution < -0.4 is 0 Å². The summed E-state index contributed by atoms with van der Waals surface area (Å²) in [6.07, 6.45) is 2.17. The first-order chi connectivity index (χ1) is 5.63. The van der Waals surface area contributed by atoms with Gasteiger partial charge in [0, 0.05) is 5.57 Å². The van der Waals surface area contributed by atoms with Gasteiger partial charge < -0.3 is 0 Å². The number of imide groups is 1. The fraction of sp³-hybridized carbons (Fsp3) is 0.429. The van der Waals surface area contributed by atoms with Crippen LogP contribution in [0.2, 0.25) is 0 Å². The molecule has 66 valence electrons.